The van der Waals surface area contributed by atoms with E-state index in [0.29, 0.717) is 10.7 Å². The lowest BCUT2D eigenvalue weighted by molar-refractivity contribution is 0.102. The zero-order chi connectivity index (χ0) is 14.9. The molecule has 0 saturated carbocycles. The molecule has 2 rings (SSSR count). The van der Waals surface area contributed by atoms with E-state index in [4.69, 9.17) is 23.2 Å². The maximum atomic E-state index is 13.7. The predicted molar refractivity (Wildman–Crippen MR) is 80.3 cm³/mol. The summed E-state index contributed by atoms with van der Waals surface area (Å²) in [6.45, 7) is 3.73. The molecule has 1 amide bonds. The highest BCUT2D eigenvalue weighted by Gasteiger charge is 2.15. The molecule has 0 atom stereocenters. The first-order valence-electron chi connectivity index (χ1n) is 5.91. The Bertz CT molecular complexity index is 663. The molecule has 0 aromatic heterocycles. The summed E-state index contributed by atoms with van der Waals surface area (Å²) in [6.07, 6.45) is 0. The minimum Gasteiger partial charge on any atom is -0.320 e. The van der Waals surface area contributed by atoms with Gasteiger partial charge in [-0.1, -0.05) is 29.3 Å². The second-order valence-corrected chi connectivity index (χ2v) is 5.36. The van der Waals surface area contributed by atoms with E-state index in [1.54, 1.807) is 6.07 Å². The van der Waals surface area contributed by atoms with Crippen LogP contribution in [-0.4, -0.2) is 5.91 Å². The van der Waals surface area contributed by atoms with Gasteiger partial charge in [-0.2, -0.15) is 0 Å². The number of aryl methyl sites for hydroxylation is 2. The van der Waals surface area contributed by atoms with Crippen molar-refractivity contribution in [3.63, 3.8) is 0 Å². The quantitative estimate of drug-likeness (QED) is 0.830. The molecule has 0 saturated heterocycles. The normalized spacial score (nSPS) is 10.4. The van der Waals surface area contributed by atoms with Crippen molar-refractivity contribution in [1.29, 1.82) is 0 Å². The van der Waals surface area contributed by atoms with Gasteiger partial charge in [0.25, 0.3) is 5.91 Å². The Balaban J connectivity index is 2.33. The monoisotopic (exact) mass is 311 g/mol. The van der Waals surface area contributed by atoms with E-state index in [-0.39, 0.29) is 10.6 Å². The van der Waals surface area contributed by atoms with Gasteiger partial charge in [0, 0.05) is 5.02 Å². The molecule has 0 spiro atoms. The van der Waals surface area contributed by atoms with Crippen molar-refractivity contribution in [2.45, 2.75) is 13.8 Å². The van der Waals surface area contributed by atoms with Gasteiger partial charge < -0.3 is 5.32 Å². The molecule has 0 aliphatic heterocycles. The highest BCUT2D eigenvalue weighted by Crippen LogP contribution is 2.28. The fraction of sp³-hybridized carbons (Fsp3) is 0.133. The molecule has 0 radical (unpaired) electrons. The van der Waals surface area contributed by atoms with Crippen LogP contribution in [0.2, 0.25) is 10.0 Å². The molecule has 0 unspecified atom stereocenters. The predicted octanol–water partition coefficient (Wildman–Crippen LogP) is 5.00. The first kappa shape index (κ1) is 14.8. The van der Waals surface area contributed by atoms with Crippen LogP contribution in [0.1, 0.15) is 21.5 Å². The number of hydrogen-bond donors (Lipinski definition) is 1. The number of rotatable bonds is 2. The molecule has 0 aliphatic rings. The number of nitrogens with one attached hydrogen (secondary N) is 1. The Morgan fingerprint density at radius 2 is 1.85 bits per heavy atom. The third kappa shape index (κ3) is 3.11. The fourth-order valence-electron chi connectivity index (χ4n) is 1.93. The van der Waals surface area contributed by atoms with Crippen molar-refractivity contribution in [2.24, 2.45) is 0 Å². The molecule has 2 aromatic carbocycles. The van der Waals surface area contributed by atoms with Crippen LogP contribution in [0.4, 0.5) is 10.1 Å². The molecule has 20 heavy (non-hydrogen) atoms. The van der Waals surface area contributed by atoms with Crippen molar-refractivity contribution in [3.8, 4) is 0 Å². The van der Waals surface area contributed by atoms with Crippen molar-refractivity contribution < 1.29 is 9.18 Å². The fourth-order valence-corrected chi connectivity index (χ4v) is 2.46. The maximum Gasteiger partial charge on any atom is 0.258 e. The first-order chi connectivity index (χ1) is 9.38. The molecule has 0 fully saturated rings. The smallest absolute Gasteiger partial charge is 0.258 e. The average Bonchev–Trinajstić information content (AvgIpc) is 2.33. The second-order valence-electron chi connectivity index (χ2n) is 4.52. The van der Waals surface area contributed by atoms with Crippen molar-refractivity contribution in [3.05, 3.63) is 62.9 Å². The van der Waals surface area contributed by atoms with Gasteiger partial charge in [-0.05, 0) is 49.2 Å². The molecule has 2 aromatic rings. The lowest BCUT2D eigenvalue weighted by atomic mass is 10.1. The number of carbonyl (C=O) groups excluding carboxylic acids is 1. The number of benzene rings is 2. The third-order valence-electron chi connectivity index (χ3n) is 2.85. The molecule has 0 heterocycles. The highest BCUT2D eigenvalue weighted by molar-refractivity contribution is 6.34. The zero-order valence-electron chi connectivity index (χ0n) is 10.9. The van der Waals surface area contributed by atoms with E-state index in [0.717, 1.165) is 17.2 Å². The molecular weight excluding hydrogens is 300 g/mol. The zero-order valence-corrected chi connectivity index (χ0v) is 12.4. The van der Waals surface area contributed by atoms with Crippen LogP contribution >= 0.6 is 23.2 Å². The molecular formula is C15H12Cl2FNO. The lowest BCUT2D eigenvalue weighted by Crippen LogP contribution is -2.15. The van der Waals surface area contributed by atoms with Crippen LogP contribution in [0.3, 0.4) is 0 Å². The summed E-state index contributed by atoms with van der Waals surface area (Å²) in [7, 11) is 0. The molecule has 0 bridgehead atoms. The van der Waals surface area contributed by atoms with Gasteiger partial charge in [0.05, 0.1) is 16.3 Å². The summed E-state index contributed by atoms with van der Waals surface area (Å²) in [6, 6.07) is 7.52. The Hall–Kier alpha value is -1.58. The SMILES string of the molecule is Cc1cc(C)c(NC(=O)c2ccc(Cl)cc2F)c(Cl)c1. The molecule has 2 nitrogen and oxygen atoms in total. The number of carbonyl (C=O) groups is 1. The van der Waals surface area contributed by atoms with Crippen LogP contribution < -0.4 is 5.32 Å². The van der Waals surface area contributed by atoms with E-state index < -0.39 is 11.7 Å². The van der Waals surface area contributed by atoms with Gasteiger partial charge in [-0.25, -0.2) is 4.39 Å². The number of hydrogen-bond acceptors (Lipinski definition) is 1. The van der Waals surface area contributed by atoms with Crippen LogP contribution in [0.15, 0.2) is 30.3 Å². The summed E-state index contributed by atoms with van der Waals surface area (Å²) in [5.74, 6) is -1.23. The Kier molecular flexibility index (Phi) is 4.31. The second kappa shape index (κ2) is 5.81. The maximum absolute atomic E-state index is 13.7. The number of anilines is 1. The van der Waals surface area contributed by atoms with Gasteiger partial charge in [-0.3, -0.25) is 4.79 Å². The van der Waals surface area contributed by atoms with E-state index >= 15 is 0 Å². The summed E-state index contributed by atoms with van der Waals surface area (Å²) in [5.41, 5.74) is 2.21. The molecule has 0 aliphatic carbocycles. The van der Waals surface area contributed by atoms with Crippen LogP contribution in [0, 0.1) is 19.7 Å². The highest BCUT2D eigenvalue weighted by atomic mass is 35.5. The van der Waals surface area contributed by atoms with Gasteiger partial charge in [0.1, 0.15) is 5.82 Å². The van der Waals surface area contributed by atoms with E-state index in [9.17, 15) is 9.18 Å². The largest absolute Gasteiger partial charge is 0.320 e. The van der Waals surface area contributed by atoms with Crippen molar-refractivity contribution in [2.75, 3.05) is 5.32 Å². The molecule has 5 heteroatoms. The number of halogens is 3. The van der Waals surface area contributed by atoms with Crippen LogP contribution in [0.25, 0.3) is 0 Å². The Morgan fingerprint density at radius 1 is 1.15 bits per heavy atom. The van der Waals surface area contributed by atoms with Gasteiger partial charge >= 0.3 is 0 Å². The number of amides is 1. The lowest BCUT2D eigenvalue weighted by Gasteiger charge is -2.12. The van der Waals surface area contributed by atoms with Crippen LogP contribution in [0.5, 0.6) is 0 Å². The van der Waals surface area contributed by atoms with Crippen molar-refractivity contribution in [1.82, 2.24) is 0 Å². The van der Waals surface area contributed by atoms with Gasteiger partial charge in [-0.15, -0.1) is 0 Å². The van der Waals surface area contributed by atoms with Gasteiger partial charge in [0.15, 0.2) is 0 Å². The molecule has 1 N–H and O–H groups in total. The average molecular weight is 312 g/mol. The molecule has 104 valence electrons. The summed E-state index contributed by atoms with van der Waals surface area (Å²) >= 11 is 11.8. The first-order valence-corrected chi connectivity index (χ1v) is 6.67. The minimum absolute atomic E-state index is 0.0783. The Labute approximate surface area is 126 Å². The summed E-state index contributed by atoms with van der Waals surface area (Å²) in [5, 5.41) is 3.29. The van der Waals surface area contributed by atoms with Gasteiger partial charge in [0.2, 0.25) is 0 Å². The van der Waals surface area contributed by atoms with Crippen LogP contribution in [-0.2, 0) is 0 Å². The topological polar surface area (TPSA) is 29.1 Å². The third-order valence-corrected chi connectivity index (χ3v) is 3.38. The van der Waals surface area contributed by atoms with E-state index in [2.05, 4.69) is 5.32 Å². The Morgan fingerprint density at radius 3 is 2.45 bits per heavy atom. The minimum atomic E-state index is -0.670. The van der Waals surface area contributed by atoms with E-state index in [1.807, 2.05) is 19.9 Å². The van der Waals surface area contributed by atoms with Crippen molar-refractivity contribution >= 4 is 34.8 Å². The van der Waals surface area contributed by atoms with E-state index in [1.165, 1.54) is 12.1 Å². The summed E-state index contributed by atoms with van der Waals surface area (Å²) in [4.78, 5) is 12.1. The summed E-state index contributed by atoms with van der Waals surface area (Å²) < 4.78 is 13.7. The standard InChI is InChI=1S/C15H12Cl2FNO/c1-8-5-9(2)14(12(17)6-8)19-15(20)11-4-3-10(16)7-13(11)18/h3-7H,1-2H3,(H,19,20).